The van der Waals surface area contributed by atoms with E-state index >= 15 is 0 Å². The molecule has 7 heteroatoms. The number of halogens is 2. The number of aryl methyl sites for hydroxylation is 1. The lowest BCUT2D eigenvalue weighted by atomic mass is 10.1. The predicted molar refractivity (Wildman–Crippen MR) is 111 cm³/mol. The average Bonchev–Trinajstić information content (AvgIpc) is 3.34. The van der Waals surface area contributed by atoms with Gasteiger partial charge in [0.15, 0.2) is 5.13 Å². The van der Waals surface area contributed by atoms with Gasteiger partial charge in [-0.1, -0.05) is 35.1 Å². The number of carbonyl (C=O) groups excluding carboxylic acids is 1. The number of fused-ring (bicyclic) bond motifs is 1. The predicted octanol–water partition coefficient (Wildman–Crippen LogP) is 5.15. The van der Waals surface area contributed by atoms with Crippen LogP contribution in [0, 0.1) is 12.7 Å². The van der Waals surface area contributed by atoms with Crippen LogP contribution in [0.15, 0.2) is 36.4 Å². The molecule has 0 N–H and O–H groups in total. The van der Waals surface area contributed by atoms with Gasteiger partial charge in [-0.05, 0) is 55.2 Å². The largest absolute Gasteiger partial charge is 0.376 e. The number of hydrogen-bond donors (Lipinski definition) is 0. The fraction of sp³-hybridized carbons (Fsp3) is 0.333. The van der Waals surface area contributed by atoms with Crippen molar-refractivity contribution in [3.63, 3.8) is 0 Å². The summed E-state index contributed by atoms with van der Waals surface area (Å²) in [4.78, 5) is 19.6. The molecule has 0 aliphatic carbocycles. The number of aromatic nitrogens is 1. The number of anilines is 1. The molecule has 0 bridgehead atoms. The number of amides is 1. The molecule has 0 spiro atoms. The number of hydrogen-bond acceptors (Lipinski definition) is 4. The Bertz CT molecular complexity index is 1000. The van der Waals surface area contributed by atoms with Crippen molar-refractivity contribution in [3.8, 4) is 0 Å². The van der Waals surface area contributed by atoms with Crippen LogP contribution in [0.4, 0.5) is 9.52 Å². The highest BCUT2D eigenvalue weighted by molar-refractivity contribution is 7.22. The van der Waals surface area contributed by atoms with Gasteiger partial charge in [0.2, 0.25) is 5.91 Å². The average molecular weight is 419 g/mol. The highest BCUT2D eigenvalue weighted by Gasteiger charge is 2.26. The summed E-state index contributed by atoms with van der Waals surface area (Å²) in [6.45, 7) is 3.12. The molecule has 0 saturated carbocycles. The quantitative estimate of drug-likeness (QED) is 0.575. The molecule has 4 rings (SSSR count). The summed E-state index contributed by atoms with van der Waals surface area (Å²) in [7, 11) is 0. The number of carbonyl (C=O) groups is 1. The molecule has 1 unspecified atom stereocenters. The molecule has 2 heterocycles. The first-order chi connectivity index (χ1) is 13.5. The van der Waals surface area contributed by atoms with Gasteiger partial charge in [0.1, 0.15) is 5.82 Å². The Morgan fingerprint density at radius 2 is 2.11 bits per heavy atom. The zero-order chi connectivity index (χ0) is 19.7. The van der Waals surface area contributed by atoms with E-state index in [1.165, 1.54) is 23.5 Å². The van der Waals surface area contributed by atoms with E-state index in [4.69, 9.17) is 21.3 Å². The van der Waals surface area contributed by atoms with Crippen molar-refractivity contribution in [1.29, 1.82) is 0 Å². The van der Waals surface area contributed by atoms with Crippen molar-refractivity contribution in [2.24, 2.45) is 0 Å². The second-order valence-corrected chi connectivity index (χ2v) is 8.37. The topological polar surface area (TPSA) is 42.4 Å². The van der Waals surface area contributed by atoms with Gasteiger partial charge in [0.25, 0.3) is 0 Å². The smallest absolute Gasteiger partial charge is 0.233 e. The maximum atomic E-state index is 13.2. The van der Waals surface area contributed by atoms with Gasteiger partial charge < -0.3 is 4.74 Å². The van der Waals surface area contributed by atoms with E-state index in [9.17, 15) is 9.18 Å². The first-order valence-corrected chi connectivity index (χ1v) is 10.4. The summed E-state index contributed by atoms with van der Waals surface area (Å²) >= 11 is 7.70. The molecule has 1 aromatic heterocycles. The number of ether oxygens (including phenoxy) is 1. The SMILES string of the molecule is Cc1c(Cl)ccc2sc(N(CC3CCCO3)C(=O)Cc3ccc(F)cc3)nc12. The second-order valence-electron chi connectivity index (χ2n) is 6.96. The van der Waals surface area contributed by atoms with Crippen molar-refractivity contribution in [2.45, 2.75) is 32.3 Å². The van der Waals surface area contributed by atoms with Gasteiger partial charge in [-0.3, -0.25) is 9.69 Å². The summed E-state index contributed by atoms with van der Waals surface area (Å²) < 4.78 is 19.9. The van der Waals surface area contributed by atoms with Crippen LogP contribution in [0.2, 0.25) is 5.02 Å². The molecule has 4 nitrogen and oxygen atoms in total. The van der Waals surface area contributed by atoms with Crippen molar-refractivity contribution >= 4 is 44.2 Å². The van der Waals surface area contributed by atoms with Crippen LogP contribution in [-0.4, -0.2) is 30.1 Å². The summed E-state index contributed by atoms with van der Waals surface area (Å²) in [6.07, 6.45) is 2.12. The second kappa shape index (κ2) is 8.15. The molecule has 1 atom stereocenters. The number of nitrogens with zero attached hydrogens (tertiary/aromatic N) is 2. The molecule has 0 radical (unpaired) electrons. The van der Waals surface area contributed by atoms with Gasteiger partial charge in [-0.25, -0.2) is 9.37 Å². The molecule has 3 aromatic rings. The van der Waals surface area contributed by atoms with E-state index in [2.05, 4.69) is 0 Å². The molecular formula is C21H20ClFN2O2S. The molecule has 146 valence electrons. The highest BCUT2D eigenvalue weighted by atomic mass is 35.5. The van der Waals surface area contributed by atoms with Gasteiger partial charge in [0.05, 0.1) is 29.3 Å². The van der Waals surface area contributed by atoms with Crippen LogP contribution in [0.5, 0.6) is 0 Å². The summed E-state index contributed by atoms with van der Waals surface area (Å²) in [6, 6.07) is 9.80. The Kier molecular flexibility index (Phi) is 5.62. The van der Waals surface area contributed by atoms with E-state index in [0.29, 0.717) is 16.7 Å². The van der Waals surface area contributed by atoms with Crippen LogP contribution in [0.1, 0.15) is 24.0 Å². The molecule has 1 aliphatic heterocycles. The molecule has 2 aromatic carbocycles. The monoisotopic (exact) mass is 418 g/mol. The fourth-order valence-corrected chi connectivity index (χ4v) is 4.56. The number of rotatable bonds is 5. The van der Waals surface area contributed by atoms with Crippen LogP contribution in [0.25, 0.3) is 10.2 Å². The van der Waals surface area contributed by atoms with E-state index in [0.717, 1.165) is 40.8 Å². The number of thiazole rings is 1. The normalized spacial score (nSPS) is 16.6. The van der Waals surface area contributed by atoms with Gasteiger partial charge in [0, 0.05) is 11.6 Å². The van der Waals surface area contributed by atoms with E-state index < -0.39 is 0 Å². The van der Waals surface area contributed by atoms with Crippen molar-refractivity contribution < 1.29 is 13.9 Å². The first kappa shape index (κ1) is 19.3. The lowest BCUT2D eigenvalue weighted by molar-refractivity contribution is -0.118. The standard InChI is InChI=1S/C21H20ClFN2O2S/c1-13-17(22)8-9-18-20(13)24-21(28-18)25(12-16-3-2-10-27-16)19(26)11-14-4-6-15(23)7-5-14/h4-9,16H,2-3,10-12H2,1H3. The van der Waals surface area contributed by atoms with Crippen molar-refractivity contribution in [1.82, 2.24) is 4.98 Å². The minimum atomic E-state index is -0.314. The maximum absolute atomic E-state index is 13.2. The fourth-order valence-electron chi connectivity index (χ4n) is 3.36. The van der Waals surface area contributed by atoms with Crippen LogP contribution >= 0.6 is 22.9 Å². The number of benzene rings is 2. The lowest BCUT2D eigenvalue weighted by Crippen LogP contribution is -2.38. The molecule has 1 aliphatic rings. The summed E-state index contributed by atoms with van der Waals surface area (Å²) in [5.41, 5.74) is 2.49. The van der Waals surface area contributed by atoms with Crippen LogP contribution in [0.3, 0.4) is 0 Å². The molecule has 1 fully saturated rings. The van der Waals surface area contributed by atoms with E-state index in [1.54, 1.807) is 17.0 Å². The van der Waals surface area contributed by atoms with E-state index in [1.807, 2.05) is 19.1 Å². The van der Waals surface area contributed by atoms with Gasteiger partial charge >= 0.3 is 0 Å². The minimum absolute atomic E-state index is 0.00821. The third-order valence-corrected chi connectivity index (χ3v) is 6.40. The highest BCUT2D eigenvalue weighted by Crippen LogP contribution is 2.34. The maximum Gasteiger partial charge on any atom is 0.233 e. The van der Waals surface area contributed by atoms with Crippen molar-refractivity contribution in [2.75, 3.05) is 18.1 Å². The Morgan fingerprint density at radius 1 is 1.32 bits per heavy atom. The van der Waals surface area contributed by atoms with Crippen LogP contribution < -0.4 is 4.90 Å². The third-order valence-electron chi connectivity index (χ3n) is 4.95. The minimum Gasteiger partial charge on any atom is -0.376 e. The Morgan fingerprint density at radius 3 is 2.82 bits per heavy atom. The Hall–Kier alpha value is -2.02. The zero-order valence-corrected chi connectivity index (χ0v) is 17.0. The Labute approximate surface area is 171 Å². The summed E-state index contributed by atoms with van der Waals surface area (Å²) in [5.74, 6) is -0.393. The Balaban J connectivity index is 1.65. The third kappa shape index (κ3) is 4.04. The van der Waals surface area contributed by atoms with Crippen LogP contribution in [-0.2, 0) is 16.0 Å². The first-order valence-electron chi connectivity index (χ1n) is 9.23. The summed E-state index contributed by atoms with van der Waals surface area (Å²) in [5, 5.41) is 1.30. The van der Waals surface area contributed by atoms with E-state index in [-0.39, 0.29) is 24.2 Å². The molecule has 28 heavy (non-hydrogen) atoms. The lowest BCUT2D eigenvalue weighted by Gasteiger charge is -2.23. The van der Waals surface area contributed by atoms with Gasteiger partial charge in [-0.15, -0.1) is 0 Å². The molecule has 1 saturated heterocycles. The van der Waals surface area contributed by atoms with Crippen molar-refractivity contribution in [3.05, 3.63) is 58.4 Å². The zero-order valence-electron chi connectivity index (χ0n) is 15.5. The molecule has 1 amide bonds. The molecular weight excluding hydrogens is 399 g/mol. The van der Waals surface area contributed by atoms with Gasteiger partial charge in [-0.2, -0.15) is 0 Å².